The highest BCUT2D eigenvalue weighted by Crippen LogP contribution is 2.89. The van der Waals surface area contributed by atoms with Crippen LogP contribution in [0.2, 0.25) is 0 Å². The lowest BCUT2D eigenvalue weighted by molar-refractivity contribution is -0.509. The molecule has 3 nitrogen and oxygen atoms in total. The Hall–Kier alpha value is -3.20. The van der Waals surface area contributed by atoms with Gasteiger partial charge in [-0.25, -0.2) is 0 Å². The van der Waals surface area contributed by atoms with Gasteiger partial charge in [0.05, 0.1) is 27.3 Å². The summed E-state index contributed by atoms with van der Waals surface area (Å²) in [6.45, 7) is 21.9. The minimum Gasteiger partial charge on any atom is -0.344 e. The Kier molecular flexibility index (Phi) is 7.50. The molecule has 0 amide bonds. The highest BCUT2D eigenvalue weighted by Gasteiger charge is 2.99. The van der Waals surface area contributed by atoms with Crippen LogP contribution in [-0.2, 0) is 0 Å². The molecule has 0 aliphatic carbocycles. The van der Waals surface area contributed by atoms with Crippen molar-refractivity contribution in [1.29, 1.82) is 0 Å². The minimum absolute atomic E-state index is 0.0898. The Labute approximate surface area is 267 Å². The number of amidine groups is 1. The first kappa shape index (κ1) is 30.8. The van der Waals surface area contributed by atoms with Crippen LogP contribution in [0.4, 0.5) is 5.69 Å². The number of nitrogens with zero attached hydrogens (tertiary/aromatic N) is 3. The van der Waals surface area contributed by atoms with E-state index in [-0.39, 0.29) is 11.1 Å². The summed E-state index contributed by atoms with van der Waals surface area (Å²) < 4.78 is 8.95. The Morgan fingerprint density at radius 3 is 1.41 bits per heavy atom. The van der Waals surface area contributed by atoms with E-state index in [9.17, 15) is 0 Å². The number of para-hydroxylation sites is 1. The molecule has 229 valence electrons. The lowest BCUT2D eigenvalue weighted by Crippen LogP contribution is -2.79. The number of benzene rings is 4. The highest BCUT2D eigenvalue weighted by molar-refractivity contribution is 8.31. The van der Waals surface area contributed by atoms with Gasteiger partial charge in [-0.2, -0.15) is 0 Å². The molecule has 0 N–H and O–H groups in total. The Bertz CT molecular complexity index is 1620. The first-order valence-corrected chi connectivity index (χ1v) is 20.7. The summed E-state index contributed by atoms with van der Waals surface area (Å²) in [6.07, 6.45) is 0. The van der Waals surface area contributed by atoms with E-state index in [0.29, 0.717) is 11.8 Å². The van der Waals surface area contributed by atoms with Crippen LogP contribution in [-0.4, -0.2) is 33.9 Å². The first-order chi connectivity index (χ1) is 20.8. The van der Waals surface area contributed by atoms with Gasteiger partial charge in [0.15, 0.2) is 0 Å². The van der Waals surface area contributed by atoms with Gasteiger partial charge in [0, 0.05) is 5.69 Å². The molecule has 4 aromatic carbocycles. The molecule has 5 heteroatoms. The van der Waals surface area contributed by atoms with Crippen LogP contribution in [0.3, 0.4) is 0 Å². The van der Waals surface area contributed by atoms with Gasteiger partial charge in [-0.1, -0.05) is 100 Å². The quantitative estimate of drug-likeness (QED) is 0.121. The standard InChI is InChI=1S/C39H50N3PSi/c1-29(2)34-27-20-28-35(30(3)4)36(34)42-43(32-23-16-12-17-24-32,33-25-18-13-19-26-33)44(42)40(38(5,6)7)37(41(44)39(8,9)10)31-21-14-11-15-22-31/h11-30H,1-10H3/q+1. The van der Waals surface area contributed by atoms with E-state index in [0.717, 1.165) is 0 Å². The van der Waals surface area contributed by atoms with Crippen LogP contribution in [0.5, 0.6) is 0 Å². The highest BCUT2D eigenvalue weighted by atomic mass is 31.5. The van der Waals surface area contributed by atoms with Gasteiger partial charge in [0.2, 0.25) is 5.84 Å². The third-order valence-corrected chi connectivity index (χ3v) is 24.1. The van der Waals surface area contributed by atoms with Gasteiger partial charge < -0.3 is 8.81 Å². The zero-order chi connectivity index (χ0) is 31.7. The molecule has 1 atom stereocenters. The Balaban J connectivity index is 1.85. The maximum Gasteiger partial charge on any atom is 0.638 e. The van der Waals surface area contributed by atoms with Crippen LogP contribution in [0.25, 0.3) is 0 Å². The maximum absolute atomic E-state index is 3.07. The zero-order valence-electron chi connectivity index (χ0n) is 28.3. The van der Waals surface area contributed by atoms with Crippen molar-refractivity contribution in [3.63, 3.8) is 0 Å². The number of hydrogen-bond acceptors (Lipinski definition) is 2. The van der Waals surface area contributed by atoms with E-state index in [1.165, 1.54) is 38.8 Å². The summed E-state index contributed by atoms with van der Waals surface area (Å²) in [4.78, 5) is 0. The summed E-state index contributed by atoms with van der Waals surface area (Å²) in [5, 5.41) is 2.98. The van der Waals surface area contributed by atoms with Gasteiger partial charge in [-0.3, -0.25) is 4.34 Å². The van der Waals surface area contributed by atoms with Crippen LogP contribution in [0.15, 0.2) is 109 Å². The third kappa shape index (κ3) is 4.28. The van der Waals surface area contributed by atoms with Crippen molar-refractivity contribution >= 4 is 37.3 Å². The van der Waals surface area contributed by atoms with Crippen LogP contribution in [0.1, 0.15) is 97.8 Å². The minimum atomic E-state index is -2.69. The number of anilines is 1. The lowest BCUT2D eigenvalue weighted by Gasteiger charge is -2.54. The largest absolute Gasteiger partial charge is 0.638 e. The molecule has 1 spiro atoms. The van der Waals surface area contributed by atoms with Crippen LogP contribution >= 0.6 is 6.96 Å². The van der Waals surface area contributed by atoms with Crippen LogP contribution in [0, 0.1) is 0 Å². The SMILES string of the molecule is CC(C)c1cccc(C(C)C)c1N1[Si-]2(N(C(C)(C)C)C(c3ccccc3)=[N+]2C(C)(C)C)[P+]1(c1ccccc1)c1ccccc1. The molecule has 4 aromatic rings. The van der Waals surface area contributed by atoms with Crippen molar-refractivity contribution in [3.05, 3.63) is 126 Å². The van der Waals surface area contributed by atoms with Gasteiger partial charge in [0.1, 0.15) is 6.96 Å². The predicted octanol–water partition coefficient (Wildman–Crippen LogP) is 9.14. The topological polar surface area (TPSA) is 9.26 Å². The molecule has 2 aliphatic heterocycles. The van der Waals surface area contributed by atoms with Gasteiger partial charge in [0.25, 0.3) is 0 Å². The fourth-order valence-corrected chi connectivity index (χ4v) is 28.1. The molecule has 1 fully saturated rings. The summed E-state index contributed by atoms with van der Waals surface area (Å²) in [7, 11) is -2.69. The van der Waals surface area contributed by atoms with E-state index in [2.05, 4.69) is 192 Å². The molecule has 0 bridgehead atoms. The average molecular weight is 620 g/mol. The van der Waals surface area contributed by atoms with Crippen molar-refractivity contribution in [2.24, 2.45) is 0 Å². The number of rotatable bonds is 6. The molecule has 44 heavy (non-hydrogen) atoms. The molecule has 2 aliphatic rings. The smallest absolute Gasteiger partial charge is 0.344 e. The second kappa shape index (κ2) is 10.7. The molecular formula is C39H50N3PSi+. The number of hydrogen-bond donors (Lipinski definition) is 0. The predicted molar refractivity (Wildman–Crippen MR) is 194 cm³/mol. The molecule has 1 saturated heterocycles. The van der Waals surface area contributed by atoms with E-state index in [4.69, 9.17) is 0 Å². The molecule has 0 aromatic heterocycles. The van der Waals surface area contributed by atoms with Crippen LogP contribution < -0.4 is 14.9 Å². The van der Waals surface area contributed by atoms with Crippen molar-refractivity contribution in [2.75, 3.05) is 4.34 Å². The third-order valence-electron chi connectivity index (χ3n) is 9.19. The monoisotopic (exact) mass is 619 g/mol. The summed E-state index contributed by atoms with van der Waals surface area (Å²) in [6, 6.07) is 41.4. The van der Waals surface area contributed by atoms with Gasteiger partial charge in [-0.05, 0) is 101 Å². The molecule has 6 rings (SSSR count). The fourth-order valence-electron chi connectivity index (χ4n) is 7.67. The summed E-state index contributed by atoms with van der Waals surface area (Å²) in [5.41, 5.74) is 5.55. The molecule has 0 radical (unpaired) electrons. The average Bonchev–Trinajstić information content (AvgIpc) is 3.62. The lowest BCUT2D eigenvalue weighted by atomic mass is 9.93. The van der Waals surface area contributed by atoms with Crippen molar-refractivity contribution in [1.82, 2.24) is 4.57 Å². The Morgan fingerprint density at radius 1 is 0.591 bits per heavy atom. The summed E-state index contributed by atoms with van der Waals surface area (Å²) in [5.74, 6) is 2.20. The fraction of sp³-hybridized carbons (Fsp3) is 0.359. The molecule has 0 saturated carbocycles. The second-order valence-corrected chi connectivity index (χ2v) is 24.4. The van der Waals surface area contributed by atoms with Crippen molar-refractivity contribution < 1.29 is 4.24 Å². The van der Waals surface area contributed by atoms with E-state index >= 15 is 0 Å². The first-order valence-electron chi connectivity index (χ1n) is 16.3. The zero-order valence-corrected chi connectivity index (χ0v) is 30.2. The van der Waals surface area contributed by atoms with Crippen molar-refractivity contribution in [3.8, 4) is 0 Å². The van der Waals surface area contributed by atoms with E-state index in [1.807, 2.05) is 0 Å². The molecule has 2 heterocycles. The van der Waals surface area contributed by atoms with Gasteiger partial charge >= 0.3 is 8.23 Å². The Morgan fingerprint density at radius 2 is 1.02 bits per heavy atom. The van der Waals surface area contributed by atoms with Gasteiger partial charge in [-0.15, -0.1) is 0 Å². The molecule has 1 unspecified atom stereocenters. The van der Waals surface area contributed by atoms with Crippen molar-refractivity contribution in [2.45, 2.75) is 92.2 Å². The molecular weight excluding hydrogens is 570 g/mol. The normalized spacial score (nSPS) is 19.6. The van der Waals surface area contributed by atoms with E-state index < -0.39 is 15.2 Å². The second-order valence-electron chi connectivity index (χ2n) is 15.0. The van der Waals surface area contributed by atoms with E-state index in [1.54, 1.807) is 0 Å². The maximum atomic E-state index is 3.07. The summed E-state index contributed by atoms with van der Waals surface area (Å²) >= 11 is 0.